The number of hydrogen-bond donors (Lipinski definition) is 0. The van der Waals surface area contributed by atoms with Gasteiger partial charge in [0.1, 0.15) is 0 Å². The summed E-state index contributed by atoms with van der Waals surface area (Å²) >= 11 is 0. The van der Waals surface area contributed by atoms with Crippen LogP contribution in [0, 0.1) is 5.92 Å². The summed E-state index contributed by atoms with van der Waals surface area (Å²) in [6.07, 6.45) is 11.9. The molecule has 2 rings (SSSR count). The Labute approximate surface area is 118 Å². The largest absolute Gasteiger partial charge is 0.0808 e. The third-order valence-electron chi connectivity index (χ3n) is 4.16. The van der Waals surface area contributed by atoms with Crippen molar-refractivity contribution in [2.45, 2.75) is 52.4 Å². The molecular weight excluding hydrogens is 228 g/mol. The summed E-state index contributed by atoms with van der Waals surface area (Å²) in [6.45, 7) is 6.83. The van der Waals surface area contributed by atoms with Gasteiger partial charge in [0, 0.05) is 0 Å². The van der Waals surface area contributed by atoms with Crippen LogP contribution in [-0.2, 0) is 0 Å². The van der Waals surface area contributed by atoms with E-state index < -0.39 is 0 Å². The van der Waals surface area contributed by atoms with Gasteiger partial charge in [-0.25, -0.2) is 0 Å². The van der Waals surface area contributed by atoms with Crippen LogP contribution in [0.15, 0.2) is 42.5 Å². The minimum Gasteiger partial charge on any atom is -0.0808 e. The lowest BCUT2D eigenvalue weighted by atomic mass is 9.89. The highest BCUT2D eigenvalue weighted by molar-refractivity contribution is 5.75. The topological polar surface area (TPSA) is 0 Å². The molecule has 0 fully saturated rings. The molecule has 0 saturated carbocycles. The molecule has 1 aromatic rings. The zero-order valence-corrected chi connectivity index (χ0v) is 12.5. The maximum atomic E-state index is 2.36. The molecular formula is C19H26. The number of benzene rings is 1. The van der Waals surface area contributed by atoms with Crippen molar-refractivity contribution in [3.8, 4) is 0 Å². The summed E-state index contributed by atoms with van der Waals surface area (Å²) in [7, 11) is 0. The molecule has 0 aliphatic heterocycles. The molecule has 2 unspecified atom stereocenters. The van der Waals surface area contributed by atoms with Crippen LogP contribution >= 0.6 is 0 Å². The number of hydrogen-bond acceptors (Lipinski definition) is 0. The second-order valence-electron chi connectivity index (χ2n) is 5.75. The molecule has 2 atom stereocenters. The summed E-state index contributed by atoms with van der Waals surface area (Å²) in [5, 5.41) is 0. The lowest BCUT2D eigenvalue weighted by molar-refractivity contribution is 0.596. The smallest absolute Gasteiger partial charge is 0.0165 e. The van der Waals surface area contributed by atoms with Gasteiger partial charge in [0.2, 0.25) is 0 Å². The van der Waals surface area contributed by atoms with Crippen LogP contribution in [0.5, 0.6) is 0 Å². The van der Waals surface area contributed by atoms with Crippen LogP contribution < -0.4 is 0 Å². The molecule has 0 heterocycles. The Morgan fingerprint density at radius 2 is 1.89 bits per heavy atom. The molecule has 1 aliphatic rings. The normalized spacial score (nSPS) is 20.2. The van der Waals surface area contributed by atoms with Crippen LogP contribution in [0.2, 0.25) is 0 Å². The van der Waals surface area contributed by atoms with Gasteiger partial charge in [0.15, 0.2) is 0 Å². The summed E-state index contributed by atoms with van der Waals surface area (Å²) in [4.78, 5) is 0. The minimum atomic E-state index is 0.692. The standard InChI is InChI=1S/C19H26/c1-4-6-16(5-2)17-11-13-19(14-12-17)18-9-7-15(3)8-10-18/h7,9-16H,4-6,8H2,1-3H3. The summed E-state index contributed by atoms with van der Waals surface area (Å²) in [5.41, 5.74) is 4.24. The van der Waals surface area contributed by atoms with E-state index in [1.54, 1.807) is 0 Å². The maximum Gasteiger partial charge on any atom is -0.0165 e. The molecule has 1 aliphatic carbocycles. The van der Waals surface area contributed by atoms with Crippen molar-refractivity contribution >= 4 is 5.57 Å². The Bertz CT molecular complexity index is 447. The number of allylic oxidation sites excluding steroid dienone is 4. The van der Waals surface area contributed by atoms with Gasteiger partial charge in [-0.05, 0) is 47.8 Å². The summed E-state index contributed by atoms with van der Waals surface area (Å²) in [5.74, 6) is 1.42. The van der Waals surface area contributed by atoms with E-state index in [9.17, 15) is 0 Å². The van der Waals surface area contributed by atoms with E-state index in [-0.39, 0.29) is 0 Å². The Kier molecular flexibility index (Phi) is 5.01. The first-order valence-corrected chi connectivity index (χ1v) is 7.73. The van der Waals surface area contributed by atoms with Gasteiger partial charge in [-0.15, -0.1) is 0 Å². The maximum absolute atomic E-state index is 2.36. The third kappa shape index (κ3) is 3.59. The Hall–Kier alpha value is -1.30. The lowest BCUT2D eigenvalue weighted by Crippen LogP contribution is -1.98. The van der Waals surface area contributed by atoms with Gasteiger partial charge in [-0.2, -0.15) is 0 Å². The molecule has 0 aromatic heterocycles. The molecule has 0 N–H and O–H groups in total. The van der Waals surface area contributed by atoms with E-state index in [2.05, 4.69) is 63.3 Å². The average molecular weight is 254 g/mol. The fraction of sp³-hybridized carbons (Fsp3) is 0.474. The molecule has 0 spiro atoms. The molecule has 1 aromatic carbocycles. The fourth-order valence-electron chi connectivity index (χ4n) is 2.84. The van der Waals surface area contributed by atoms with Gasteiger partial charge in [0.05, 0.1) is 0 Å². The SMILES string of the molecule is CCCC(CC)c1ccc(C2=CCC(C)C=C2)cc1. The summed E-state index contributed by atoms with van der Waals surface area (Å²) < 4.78 is 0. The summed E-state index contributed by atoms with van der Waals surface area (Å²) in [6, 6.07) is 9.23. The van der Waals surface area contributed by atoms with Gasteiger partial charge >= 0.3 is 0 Å². The van der Waals surface area contributed by atoms with Crippen LogP contribution in [0.3, 0.4) is 0 Å². The van der Waals surface area contributed by atoms with Crippen molar-refractivity contribution in [1.82, 2.24) is 0 Å². The molecule has 19 heavy (non-hydrogen) atoms. The van der Waals surface area contributed by atoms with Crippen LogP contribution in [0.25, 0.3) is 5.57 Å². The van der Waals surface area contributed by atoms with Crippen molar-refractivity contribution < 1.29 is 0 Å². The Morgan fingerprint density at radius 3 is 2.42 bits per heavy atom. The molecule has 102 valence electrons. The lowest BCUT2D eigenvalue weighted by Gasteiger charge is -2.16. The van der Waals surface area contributed by atoms with E-state index in [1.807, 2.05) is 0 Å². The van der Waals surface area contributed by atoms with Crippen molar-refractivity contribution in [1.29, 1.82) is 0 Å². The van der Waals surface area contributed by atoms with Crippen molar-refractivity contribution in [2.75, 3.05) is 0 Å². The predicted octanol–water partition coefficient (Wildman–Crippen LogP) is 5.96. The van der Waals surface area contributed by atoms with Crippen molar-refractivity contribution in [3.63, 3.8) is 0 Å². The molecule has 0 radical (unpaired) electrons. The monoisotopic (exact) mass is 254 g/mol. The highest BCUT2D eigenvalue weighted by Crippen LogP contribution is 2.28. The quantitative estimate of drug-likeness (QED) is 0.608. The average Bonchev–Trinajstić information content (AvgIpc) is 2.46. The van der Waals surface area contributed by atoms with Crippen LogP contribution in [0.4, 0.5) is 0 Å². The first-order valence-electron chi connectivity index (χ1n) is 7.73. The molecule has 0 saturated heterocycles. The van der Waals surface area contributed by atoms with Gasteiger partial charge in [-0.1, -0.05) is 69.7 Å². The second-order valence-corrected chi connectivity index (χ2v) is 5.75. The van der Waals surface area contributed by atoms with Gasteiger partial charge in [-0.3, -0.25) is 0 Å². The van der Waals surface area contributed by atoms with E-state index in [1.165, 1.54) is 42.4 Å². The Balaban J connectivity index is 2.12. The molecule has 0 heteroatoms. The van der Waals surface area contributed by atoms with E-state index >= 15 is 0 Å². The van der Waals surface area contributed by atoms with E-state index in [4.69, 9.17) is 0 Å². The van der Waals surface area contributed by atoms with Gasteiger partial charge < -0.3 is 0 Å². The second kappa shape index (κ2) is 6.75. The minimum absolute atomic E-state index is 0.692. The third-order valence-corrected chi connectivity index (χ3v) is 4.16. The highest BCUT2D eigenvalue weighted by atomic mass is 14.1. The van der Waals surface area contributed by atoms with Gasteiger partial charge in [0.25, 0.3) is 0 Å². The van der Waals surface area contributed by atoms with Crippen molar-refractivity contribution in [2.24, 2.45) is 5.92 Å². The van der Waals surface area contributed by atoms with E-state index in [0.29, 0.717) is 5.92 Å². The zero-order chi connectivity index (χ0) is 13.7. The number of rotatable bonds is 5. The van der Waals surface area contributed by atoms with Crippen molar-refractivity contribution in [3.05, 3.63) is 53.6 Å². The van der Waals surface area contributed by atoms with Crippen LogP contribution in [-0.4, -0.2) is 0 Å². The zero-order valence-electron chi connectivity index (χ0n) is 12.5. The molecule has 0 bridgehead atoms. The van der Waals surface area contributed by atoms with Crippen LogP contribution in [0.1, 0.15) is 63.5 Å². The fourth-order valence-corrected chi connectivity index (χ4v) is 2.84. The predicted molar refractivity (Wildman–Crippen MR) is 85.3 cm³/mol. The molecule has 0 amide bonds. The highest BCUT2D eigenvalue weighted by Gasteiger charge is 2.09. The Morgan fingerprint density at radius 1 is 1.16 bits per heavy atom. The first kappa shape index (κ1) is 14.1. The first-order chi connectivity index (χ1) is 9.24. The molecule has 0 nitrogen and oxygen atoms in total. The van der Waals surface area contributed by atoms with E-state index in [0.717, 1.165) is 5.92 Å².